The lowest BCUT2D eigenvalue weighted by Crippen LogP contribution is -2.49. The molecular weight excluding hydrogens is 208 g/mol. The van der Waals surface area contributed by atoms with Crippen LogP contribution in [0.4, 0.5) is 0 Å². The van der Waals surface area contributed by atoms with E-state index in [9.17, 15) is 5.11 Å². The van der Waals surface area contributed by atoms with Gasteiger partial charge in [-0.05, 0) is 37.5 Å². The lowest BCUT2D eigenvalue weighted by molar-refractivity contribution is -0.123. The zero-order valence-corrected chi connectivity index (χ0v) is 12.2. The maximum absolute atomic E-state index is 11.2. The minimum atomic E-state index is -0.354. The monoisotopic (exact) mass is 240 g/mol. The van der Waals surface area contributed by atoms with Gasteiger partial charge in [0.05, 0.1) is 5.60 Å². The zero-order chi connectivity index (χ0) is 12.8. The Hall–Kier alpha value is -0.0400. The van der Waals surface area contributed by atoms with Crippen LogP contribution < -0.4 is 0 Å². The van der Waals surface area contributed by atoms with Crippen molar-refractivity contribution >= 4 is 0 Å². The molecule has 0 radical (unpaired) electrons. The van der Waals surface area contributed by atoms with E-state index in [2.05, 4.69) is 20.8 Å². The average molecular weight is 240 g/mol. The summed E-state index contributed by atoms with van der Waals surface area (Å²) < 4.78 is 0. The van der Waals surface area contributed by atoms with Crippen LogP contribution in [0.5, 0.6) is 0 Å². The third-order valence-corrected chi connectivity index (χ3v) is 4.85. The standard InChI is InChI=1S/C16H32O/c1-4-10-15(11-5-2,12-6-3)16(17)13-8-7-9-14-16/h17H,4-14H2,1-3H3. The van der Waals surface area contributed by atoms with Crippen molar-refractivity contribution < 1.29 is 5.11 Å². The Labute approximate surface area is 108 Å². The average Bonchev–Trinajstić information content (AvgIpc) is 2.31. The van der Waals surface area contributed by atoms with Gasteiger partial charge in [-0.1, -0.05) is 59.3 Å². The van der Waals surface area contributed by atoms with E-state index in [1.54, 1.807) is 0 Å². The van der Waals surface area contributed by atoms with E-state index in [0.29, 0.717) is 0 Å². The third-order valence-electron chi connectivity index (χ3n) is 4.85. The molecular formula is C16H32O. The first-order valence-corrected chi connectivity index (χ1v) is 7.86. The first kappa shape index (κ1) is 15.0. The largest absolute Gasteiger partial charge is 0.389 e. The van der Waals surface area contributed by atoms with Gasteiger partial charge in [-0.3, -0.25) is 0 Å². The van der Waals surface area contributed by atoms with E-state index >= 15 is 0 Å². The Balaban J connectivity index is 2.90. The lowest BCUT2D eigenvalue weighted by Gasteiger charge is -2.50. The normalized spacial score (nSPS) is 20.5. The molecule has 1 heteroatoms. The van der Waals surface area contributed by atoms with E-state index < -0.39 is 0 Å². The molecule has 0 unspecified atom stereocenters. The summed E-state index contributed by atoms with van der Waals surface area (Å²) in [5, 5.41) is 11.2. The molecule has 0 aromatic heterocycles. The quantitative estimate of drug-likeness (QED) is 0.659. The summed E-state index contributed by atoms with van der Waals surface area (Å²) >= 11 is 0. The van der Waals surface area contributed by atoms with Gasteiger partial charge < -0.3 is 5.11 Å². The van der Waals surface area contributed by atoms with Crippen molar-refractivity contribution in [1.82, 2.24) is 0 Å². The van der Waals surface area contributed by atoms with Crippen LogP contribution in [0, 0.1) is 5.41 Å². The fourth-order valence-electron chi connectivity index (χ4n) is 4.18. The molecule has 0 bridgehead atoms. The van der Waals surface area contributed by atoms with Crippen LogP contribution in [0.2, 0.25) is 0 Å². The molecule has 0 atom stereocenters. The van der Waals surface area contributed by atoms with Crippen LogP contribution in [0.3, 0.4) is 0 Å². The molecule has 1 saturated carbocycles. The van der Waals surface area contributed by atoms with Crippen molar-refractivity contribution in [3.8, 4) is 0 Å². The summed E-state index contributed by atoms with van der Waals surface area (Å²) in [6.45, 7) is 6.81. The van der Waals surface area contributed by atoms with E-state index in [-0.39, 0.29) is 11.0 Å². The molecule has 1 fully saturated rings. The second kappa shape index (κ2) is 6.78. The Morgan fingerprint density at radius 2 is 1.24 bits per heavy atom. The van der Waals surface area contributed by atoms with Crippen LogP contribution in [0.15, 0.2) is 0 Å². The molecule has 0 amide bonds. The molecule has 0 aliphatic heterocycles. The second-order valence-electron chi connectivity index (χ2n) is 6.12. The number of rotatable bonds is 7. The fraction of sp³-hybridized carbons (Fsp3) is 1.00. The van der Waals surface area contributed by atoms with Crippen LogP contribution in [-0.4, -0.2) is 10.7 Å². The predicted octanol–water partition coefficient (Wildman–Crippen LogP) is 5.07. The van der Waals surface area contributed by atoms with Crippen molar-refractivity contribution in [3.63, 3.8) is 0 Å². The van der Waals surface area contributed by atoms with Crippen LogP contribution in [0.1, 0.15) is 91.4 Å². The molecule has 0 heterocycles. The highest BCUT2D eigenvalue weighted by molar-refractivity contribution is 4.99. The van der Waals surface area contributed by atoms with Gasteiger partial charge in [-0.25, -0.2) is 0 Å². The van der Waals surface area contributed by atoms with E-state index in [0.717, 1.165) is 12.8 Å². The molecule has 102 valence electrons. The molecule has 0 saturated heterocycles. The van der Waals surface area contributed by atoms with Gasteiger partial charge in [0.25, 0.3) is 0 Å². The molecule has 1 aliphatic carbocycles. The first-order valence-electron chi connectivity index (χ1n) is 7.86. The molecule has 17 heavy (non-hydrogen) atoms. The molecule has 1 N–H and O–H groups in total. The van der Waals surface area contributed by atoms with Crippen LogP contribution in [0.25, 0.3) is 0 Å². The number of hydrogen-bond donors (Lipinski definition) is 1. The van der Waals surface area contributed by atoms with Crippen molar-refractivity contribution in [3.05, 3.63) is 0 Å². The third kappa shape index (κ3) is 3.24. The van der Waals surface area contributed by atoms with E-state index in [1.165, 1.54) is 57.8 Å². The van der Waals surface area contributed by atoms with Gasteiger partial charge in [0, 0.05) is 0 Å². The molecule has 0 spiro atoms. The predicted molar refractivity (Wildman–Crippen MR) is 75.2 cm³/mol. The highest BCUT2D eigenvalue weighted by atomic mass is 16.3. The van der Waals surface area contributed by atoms with E-state index in [4.69, 9.17) is 0 Å². The molecule has 1 aliphatic rings. The van der Waals surface area contributed by atoms with Gasteiger partial charge >= 0.3 is 0 Å². The second-order valence-corrected chi connectivity index (χ2v) is 6.12. The van der Waals surface area contributed by atoms with Gasteiger partial charge in [0.1, 0.15) is 0 Å². The maximum atomic E-state index is 11.2. The Kier molecular flexibility index (Phi) is 5.99. The summed E-state index contributed by atoms with van der Waals surface area (Å²) in [5.41, 5.74) is -0.140. The SMILES string of the molecule is CCCC(CCC)(CCC)C1(O)CCCCC1. The highest BCUT2D eigenvalue weighted by Gasteiger charge is 2.48. The zero-order valence-electron chi connectivity index (χ0n) is 12.2. The van der Waals surface area contributed by atoms with Crippen molar-refractivity contribution in [1.29, 1.82) is 0 Å². The van der Waals surface area contributed by atoms with E-state index in [1.807, 2.05) is 0 Å². The van der Waals surface area contributed by atoms with Gasteiger partial charge in [-0.15, -0.1) is 0 Å². The van der Waals surface area contributed by atoms with Crippen LogP contribution >= 0.6 is 0 Å². The summed E-state index contributed by atoms with van der Waals surface area (Å²) in [5.74, 6) is 0. The molecule has 1 nitrogen and oxygen atoms in total. The summed E-state index contributed by atoms with van der Waals surface area (Å²) in [4.78, 5) is 0. The lowest BCUT2D eigenvalue weighted by atomic mass is 9.59. The maximum Gasteiger partial charge on any atom is 0.0703 e. The highest BCUT2D eigenvalue weighted by Crippen LogP contribution is 2.51. The molecule has 0 aromatic carbocycles. The van der Waals surface area contributed by atoms with Gasteiger partial charge in [0.15, 0.2) is 0 Å². The molecule has 0 aromatic rings. The number of aliphatic hydroxyl groups is 1. The summed E-state index contributed by atoms with van der Waals surface area (Å²) in [6.07, 6.45) is 13.2. The van der Waals surface area contributed by atoms with Gasteiger partial charge in [-0.2, -0.15) is 0 Å². The summed E-state index contributed by atoms with van der Waals surface area (Å²) in [6, 6.07) is 0. The van der Waals surface area contributed by atoms with Crippen LogP contribution in [-0.2, 0) is 0 Å². The topological polar surface area (TPSA) is 20.2 Å². The Morgan fingerprint density at radius 1 is 0.824 bits per heavy atom. The minimum Gasteiger partial charge on any atom is -0.389 e. The fourth-order valence-corrected chi connectivity index (χ4v) is 4.18. The Morgan fingerprint density at radius 3 is 1.59 bits per heavy atom. The van der Waals surface area contributed by atoms with Gasteiger partial charge in [0.2, 0.25) is 0 Å². The smallest absolute Gasteiger partial charge is 0.0703 e. The minimum absolute atomic E-state index is 0.214. The van der Waals surface area contributed by atoms with Crippen molar-refractivity contribution in [2.24, 2.45) is 5.41 Å². The summed E-state index contributed by atoms with van der Waals surface area (Å²) in [7, 11) is 0. The van der Waals surface area contributed by atoms with Crippen molar-refractivity contribution in [2.75, 3.05) is 0 Å². The number of hydrogen-bond acceptors (Lipinski definition) is 1. The first-order chi connectivity index (χ1) is 8.14. The molecule has 1 rings (SSSR count). The Bertz CT molecular complexity index is 187. The van der Waals surface area contributed by atoms with Crippen molar-refractivity contribution in [2.45, 2.75) is 97.0 Å².